The number of halogens is 5. The molecule has 5 N–H and O–H groups in total. The highest BCUT2D eigenvalue weighted by atomic mass is 79.9. The first-order valence-electron chi connectivity index (χ1n) is 20.2. The van der Waals surface area contributed by atoms with E-state index in [0.717, 1.165) is 11.1 Å². The fourth-order valence-corrected chi connectivity index (χ4v) is 7.89. The molecule has 7 rings (SSSR count). The summed E-state index contributed by atoms with van der Waals surface area (Å²) in [5, 5.41) is 44.8. The van der Waals surface area contributed by atoms with Gasteiger partial charge in [0.1, 0.15) is 38.5 Å². The number of ether oxygens (including phenoxy) is 6. The van der Waals surface area contributed by atoms with Crippen molar-refractivity contribution in [3.05, 3.63) is 178 Å². The summed E-state index contributed by atoms with van der Waals surface area (Å²) in [4.78, 5) is 73.8. The monoisotopic (exact) mass is 1350 g/mol. The average Bonchev–Trinajstić information content (AvgIpc) is 3.39. The molecule has 26 heteroatoms. The Labute approximate surface area is 470 Å². The molecule has 21 nitrogen and oxygen atoms in total. The molecule has 5 heterocycles. The van der Waals surface area contributed by atoms with Crippen LogP contribution >= 0.6 is 79.6 Å². The van der Waals surface area contributed by atoms with Crippen LogP contribution in [0, 0.1) is 0 Å². The molecule has 5 aromatic heterocycles. The maximum atomic E-state index is 11.7. The van der Waals surface area contributed by atoms with E-state index in [0.29, 0.717) is 40.9 Å². The summed E-state index contributed by atoms with van der Waals surface area (Å²) in [6.07, 6.45) is 2.72. The number of hydrogen-bond acceptors (Lipinski definition) is 19. The van der Waals surface area contributed by atoms with Crippen molar-refractivity contribution >= 4 is 109 Å². The summed E-state index contributed by atoms with van der Waals surface area (Å²) in [6, 6.07) is 29.6. The van der Waals surface area contributed by atoms with Crippen molar-refractivity contribution in [1.82, 2.24) is 24.9 Å². The Kier molecular flexibility index (Phi) is 27.9. The maximum absolute atomic E-state index is 11.7. The van der Waals surface area contributed by atoms with Crippen LogP contribution in [0.15, 0.2) is 138 Å². The van der Waals surface area contributed by atoms with Gasteiger partial charge in [0.25, 0.3) is 0 Å². The van der Waals surface area contributed by atoms with E-state index in [9.17, 15) is 34.2 Å². The molecular formula is C49H44Br5N5O16. The van der Waals surface area contributed by atoms with Crippen LogP contribution in [-0.4, -0.2) is 109 Å². The van der Waals surface area contributed by atoms with Gasteiger partial charge < -0.3 is 54.0 Å². The third-order valence-corrected chi connectivity index (χ3v) is 10.9. The number of hydrogen-bond donors (Lipinski definition) is 5. The van der Waals surface area contributed by atoms with Crippen LogP contribution in [0.4, 0.5) is 0 Å². The van der Waals surface area contributed by atoms with Crippen LogP contribution < -0.4 is 14.2 Å². The predicted octanol–water partition coefficient (Wildman–Crippen LogP) is 10.9. The Bertz CT molecular complexity index is 3030. The molecule has 75 heavy (non-hydrogen) atoms. The third kappa shape index (κ3) is 20.5. The van der Waals surface area contributed by atoms with E-state index in [1.165, 1.54) is 71.2 Å². The highest BCUT2D eigenvalue weighted by molar-refractivity contribution is 9.11. The Morgan fingerprint density at radius 1 is 0.480 bits per heavy atom. The van der Waals surface area contributed by atoms with Gasteiger partial charge >= 0.3 is 29.8 Å². The van der Waals surface area contributed by atoms with Gasteiger partial charge in [-0.25, -0.2) is 48.9 Å². The Balaban J connectivity index is 0.000000329. The fourth-order valence-electron chi connectivity index (χ4n) is 5.15. The van der Waals surface area contributed by atoms with Gasteiger partial charge in [0.05, 0.1) is 37.4 Å². The molecule has 0 radical (unpaired) electrons. The summed E-state index contributed by atoms with van der Waals surface area (Å²) >= 11 is 15.9. The van der Waals surface area contributed by atoms with Gasteiger partial charge in [-0.2, -0.15) is 0 Å². The zero-order valence-corrected chi connectivity index (χ0v) is 46.7. The van der Waals surface area contributed by atoms with Crippen molar-refractivity contribution in [2.45, 2.75) is 20.6 Å². The minimum atomic E-state index is -1.22. The van der Waals surface area contributed by atoms with Crippen molar-refractivity contribution in [2.75, 3.05) is 28.4 Å². The lowest BCUT2D eigenvalue weighted by atomic mass is 10.2. The molecule has 0 fully saturated rings. The summed E-state index contributed by atoms with van der Waals surface area (Å²) < 4.78 is 32.3. The highest BCUT2D eigenvalue weighted by Crippen LogP contribution is 2.34. The van der Waals surface area contributed by atoms with Crippen molar-refractivity contribution in [3.8, 4) is 34.5 Å². The molecule has 7 aromatic rings. The second kappa shape index (κ2) is 32.8. The topological polar surface area (TPSA) is 306 Å². The SMILES string of the molecule is C.COC(=O)c1nc(Br)cc(Br)c1O.COC(=O)c1nc(Br)cc(Br)c1OCc1ccccc1.COC(=O)c1ncccc1O.COc1cc(Br)nc(C(=O)O)c1OCc1ccccc1.O=C(O)c1ncccc1O. The minimum Gasteiger partial charge on any atom is -0.505 e. The third-order valence-electron chi connectivity index (χ3n) is 8.51. The van der Waals surface area contributed by atoms with Gasteiger partial charge in [-0.1, -0.05) is 68.1 Å². The number of pyridine rings is 5. The van der Waals surface area contributed by atoms with Gasteiger partial charge in [0.2, 0.25) is 0 Å². The summed E-state index contributed by atoms with van der Waals surface area (Å²) in [7, 11) is 5.21. The smallest absolute Gasteiger partial charge is 0.360 e. The van der Waals surface area contributed by atoms with Crippen LogP contribution in [0.3, 0.4) is 0 Å². The van der Waals surface area contributed by atoms with Crippen LogP contribution in [-0.2, 0) is 27.4 Å². The van der Waals surface area contributed by atoms with E-state index in [1.54, 1.807) is 12.1 Å². The molecule has 0 bridgehead atoms. The Morgan fingerprint density at radius 2 is 0.880 bits per heavy atom. The Hall–Kier alpha value is -7.26. The number of methoxy groups -OCH3 is 4. The largest absolute Gasteiger partial charge is 0.505 e. The number of rotatable bonds is 12. The van der Waals surface area contributed by atoms with Gasteiger partial charge in [-0.05, 0) is 127 Å². The number of aromatic carboxylic acids is 2. The molecule has 0 saturated heterocycles. The van der Waals surface area contributed by atoms with Crippen molar-refractivity contribution < 1.29 is 77.9 Å². The number of carbonyl (C=O) groups excluding carboxylic acids is 3. The molecular weight excluding hydrogens is 1310 g/mol. The van der Waals surface area contributed by atoms with Crippen molar-refractivity contribution in [1.29, 1.82) is 0 Å². The number of carbonyl (C=O) groups is 5. The number of carboxylic acid groups (broad SMARTS) is 2. The first kappa shape index (κ1) is 63.9. The quantitative estimate of drug-likeness (QED) is 0.0431. The van der Waals surface area contributed by atoms with Crippen LogP contribution in [0.1, 0.15) is 71.0 Å². The second-order valence-electron chi connectivity index (χ2n) is 13.4. The number of nitrogens with zero attached hydrogens (tertiary/aromatic N) is 5. The van der Waals surface area contributed by atoms with E-state index in [-0.39, 0.29) is 65.5 Å². The van der Waals surface area contributed by atoms with Gasteiger partial charge in [0.15, 0.2) is 51.5 Å². The lowest BCUT2D eigenvalue weighted by Crippen LogP contribution is -2.09. The predicted molar refractivity (Wildman–Crippen MR) is 287 cm³/mol. The second-order valence-corrected chi connectivity index (χ2v) is 17.6. The molecule has 0 aliphatic carbocycles. The normalized spacial score (nSPS) is 9.67. The summed E-state index contributed by atoms with van der Waals surface area (Å²) in [6.45, 7) is 0.577. The minimum absolute atomic E-state index is 0. The molecule has 396 valence electrons. The van der Waals surface area contributed by atoms with E-state index in [1.807, 2.05) is 60.7 Å². The van der Waals surface area contributed by atoms with E-state index in [4.69, 9.17) is 34.3 Å². The zero-order valence-electron chi connectivity index (χ0n) is 38.7. The zero-order chi connectivity index (χ0) is 54.9. The molecule has 0 aliphatic heterocycles. The number of aromatic hydroxyl groups is 3. The molecule has 0 aliphatic rings. The molecule has 0 unspecified atom stereocenters. The number of benzene rings is 2. The van der Waals surface area contributed by atoms with Gasteiger partial charge in [0, 0.05) is 18.5 Å². The maximum Gasteiger partial charge on any atom is 0.360 e. The fraction of sp³-hybridized carbons (Fsp3) is 0.143. The summed E-state index contributed by atoms with van der Waals surface area (Å²) in [5.41, 5.74) is 1.37. The first-order valence-corrected chi connectivity index (χ1v) is 24.2. The molecule has 0 atom stereocenters. The lowest BCUT2D eigenvalue weighted by Gasteiger charge is -2.13. The Morgan fingerprint density at radius 3 is 1.32 bits per heavy atom. The summed E-state index contributed by atoms with van der Waals surface area (Å²) in [5.74, 6) is -4.16. The molecule has 0 spiro atoms. The molecule has 0 saturated carbocycles. The molecule has 2 aromatic carbocycles. The van der Waals surface area contributed by atoms with Crippen molar-refractivity contribution in [3.63, 3.8) is 0 Å². The van der Waals surface area contributed by atoms with Crippen LogP contribution in [0.2, 0.25) is 0 Å². The van der Waals surface area contributed by atoms with Gasteiger partial charge in [-0.3, -0.25) is 0 Å². The van der Waals surface area contributed by atoms with Crippen LogP contribution in [0.5, 0.6) is 34.5 Å². The van der Waals surface area contributed by atoms with Crippen LogP contribution in [0.25, 0.3) is 0 Å². The number of aromatic nitrogens is 5. The lowest BCUT2D eigenvalue weighted by molar-refractivity contribution is 0.0579. The number of carboxylic acids is 2. The molecule has 0 amide bonds. The first-order chi connectivity index (χ1) is 35.3. The van der Waals surface area contributed by atoms with E-state index >= 15 is 0 Å². The van der Waals surface area contributed by atoms with E-state index < -0.39 is 29.8 Å². The van der Waals surface area contributed by atoms with Crippen molar-refractivity contribution in [2.24, 2.45) is 0 Å². The number of esters is 3. The highest BCUT2D eigenvalue weighted by Gasteiger charge is 2.22. The van der Waals surface area contributed by atoms with E-state index in [2.05, 4.69) is 114 Å². The standard InChI is InChI=1S/C14H11Br2NO3.C14H12BrNO4.C7H5Br2NO3.C7H7NO3.C6H5NO3.CH4/c1-19-14(18)12-13(10(15)7-11(16)17-12)20-8-9-5-3-2-4-6-9;1-19-10-7-11(15)16-12(14(17)18)13(10)20-8-9-5-3-2-4-6-9;1-13-7(12)5-6(11)3(8)2-4(9)10-5;1-11-7(10)6-5(9)3-2-4-8-6;8-4-2-1-3-7-5(4)6(9)10;/h2-7H,8H2,1H3;2-7H,8H2,1H3,(H,17,18);2,11H,1H3;2-4,9H,1H3;1-3,8H,(H,9,10);1H4. The van der Waals surface area contributed by atoms with Gasteiger partial charge in [-0.15, -0.1) is 0 Å². The average molecular weight is 1360 g/mol.